The number of piperidine rings is 1. The van der Waals surface area contributed by atoms with Crippen molar-refractivity contribution in [1.82, 2.24) is 10.2 Å². The number of carbonyl (C=O) groups is 1. The van der Waals surface area contributed by atoms with Crippen molar-refractivity contribution in [3.63, 3.8) is 0 Å². The van der Waals surface area contributed by atoms with Crippen LogP contribution in [-0.2, 0) is 0 Å². The fourth-order valence-corrected chi connectivity index (χ4v) is 2.97. The van der Waals surface area contributed by atoms with Gasteiger partial charge in [-0.05, 0) is 67.6 Å². The van der Waals surface area contributed by atoms with Gasteiger partial charge in [-0.3, -0.25) is 4.79 Å². The molecule has 1 aromatic rings. The van der Waals surface area contributed by atoms with E-state index in [4.69, 9.17) is 0 Å². The molecule has 1 heterocycles. The average molecular weight is 358 g/mol. The molecule has 1 aliphatic heterocycles. The van der Waals surface area contributed by atoms with Crippen molar-refractivity contribution in [2.24, 2.45) is 0 Å². The van der Waals surface area contributed by atoms with Crippen LogP contribution in [-0.4, -0.2) is 37.0 Å². The van der Waals surface area contributed by atoms with Gasteiger partial charge in [-0.25, -0.2) is 0 Å². The predicted octanol–water partition coefficient (Wildman–Crippen LogP) is 2.42. The Balaban J connectivity index is 2.05. The first-order valence-corrected chi connectivity index (χ1v) is 7.40. The van der Waals surface area contributed by atoms with Gasteiger partial charge in [0.05, 0.1) is 5.56 Å². The second kappa shape index (κ2) is 6.02. The SMILES string of the molecule is Cc1cccc(C(=O)NC2CCCN(C)C2)c1I. The van der Waals surface area contributed by atoms with E-state index in [0.29, 0.717) is 0 Å². The number of carbonyl (C=O) groups excluding carboxylic acids is 1. The van der Waals surface area contributed by atoms with Gasteiger partial charge in [-0.15, -0.1) is 0 Å². The van der Waals surface area contributed by atoms with Gasteiger partial charge in [0.15, 0.2) is 0 Å². The monoisotopic (exact) mass is 358 g/mol. The lowest BCUT2D eigenvalue weighted by molar-refractivity contribution is 0.0911. The molecular weight excluding hydrogens is 339 g/mol. The number of hydrogen-bond acceptors (Lipinski definition) is 2. The van der Waals surface area contributed by atoms with E-state index < -0.39 is 0 Å². The zero-order valence-corrected chi connectivity index (χ0v) is 13.0. The van der Waals surface area contributed by atoms with Crippen molar-refractivity contribution in [2.45, 2.75) is 25.8 Å². The van der Waals surface area contributed by atoms with E-state index in [1.165, 1.54) is 0 Å². The molecule has 0 spiro atoms. The van der Waals surface area contributed by atoms with Crippen LogP contribution in [0.1, 0.15) is 28.8 Å². The van der Waals surface area contributed by atoms with E-state index in [1.807, 2.05) is 25.1 Å². The van der Waals surface area contributed by atoms with Crippen molar-refractivity contribution in [3.8, 4) is 0 Å². The van der Waals surface area contributed by atoms with Gasteiger partial charge in [0.1, 0.15) is 0 Å². The molecule has 98 valence electrons. The summed E-state index contributed by atoms with van der Waals surface area (Å²) in [5.41, 5.74) is 1.95. The van der Waals surface area contributed by atoms with Crippen LogP contribution >= 0.6 is 22.6 Å². The van der Waals surface area contributed by atoms with Crippen molar-refractivity contribution in [3.05, 3.63) is 32.9 Å². The van der Waals surface area contributed by atoms with Crippen LogP contribution in [0.4, 0.5) is 0 Å². The number of nitrogens with zero attached hydrogens (tertiary/aromatic N) is 1. The number of likely N-dealkylation sites (tertiary alicyclic amines) is 1. The quantitative estimate of drug-likeness (QED) is 0.824. The first-order valence-electron chi connectivity index (χ1n) is 6.32. The average Bonchev–Trinajstić information content (AvgIpc) is 2.32. The highest BCUT2D eigenvalue weighted by atomic mass is 127. The van der Waals surface area contributed by atoms with Gasteiger partial charge in [-0.2, -0.15) is 0 Å². The van der Waals surface area contributed by atoms with Crippen molar-refractivity contribution < 1.29 is 4.79 Å². The number of halogens is 1. The van der Waals surface area contributed by atoms with Gasteiger partial charge < -0.3 is 10.2 Å². The third-order valence-electron chi connectivity index (χ3n) is 3.40. The molecule has 1 amide bonds. The van der Waals surface area contributed by atoms with E-state index >= 15 is 0 Å². The summed E-state index contributed by atoms with van der Waals surface area (Å²) in [6.45, 7) is 4.12. The molecule has 2 rings (SSSR count). The highest BCUT2D eigenvalue weighted by molar-refractivity contribution is 14.1. The molecule has 1 fully saturated rings. The molecule has 1 aromatic carbocycles. The number of likely N-dealkylation sites (N-methyl/N-ethyl adjacent to an activating group) is 1. The van der Waals surface area contributed by atoms with Crippen molar-refractivity contribution in [1.29, 1.82) is 0 Å². The number of benzene rings is 1. The summed E-state index contributed by atoms with van der Waals surface area (Å²) in [5.74, 6) is 0.0587. The van der Waals surface area contributed by atoms with Crippen LogP contribution in [0.3, 0.4) is 0 Å². The zero-order chi connectivity index (χ0) is 13.1. The summed E-state index contributed by atoms with van der Waals surface area (Å²) in [7, 11) is 2.11. The van der Waals surface area contributed by atoms with Crippen molar-refractivity contribution in [2.75, 3.05) is 20.1 Å². The highest BCUT2D eigenvalue weighted by Crippen LogP contribution is 2.17. The lowest BCUT2D eigenvalue weighted by atomic mass is 10.1. The molecule has 1 N–H and O–H groups in total. The van der Waals surface area contributed by atoms with Crippen LogP contribution < -0.4 is 5.32 Å². The Bertz CT molecular complexity index is 447. The second-order valence-corrected chi connectivity index (χ2v) is 6.09. The second-order valence-electron chi connectivity index (χ2n) is 5.01. The van der Waals surface area contributed by atoms with Gasteiger partial charge in [0.25, 0.3) is 5.91 Å². The third kappa shape index (κ3) is 3.23. The van der Waals surface area contributed by atoms with Crippen LogP contribution in [0.5, 0.6) is 0 Å². The Morgan fingerprint density at radius 2 is 2.28 bits per heavy atom. The van der Waals surface area contributed by atoms with Crippen molar-refractivity contribution >= 4 is 28.5 Å². The number of amides is 1. The Kier molecular flexibility index (Phi) is 4.61. The third-order valence-corrected chi connectivity index (χ3v) is 4.83. The minimum atomic E-state index is 0.0587. The van der Waals surface area contributed by atoms with Crippen LogP contribution in [0.25, 0.3) is 0 Å². The Labute approximate surface area is 122 Å². The smallest absolute Gasteiger partial charge is 0.252 e. The fourth-order valence-electron chi connectivity index (χ4n) is 2.37. The molecule has 1 unspecified atom stereocenters. The van der Waals surface area contributed by atoms with Gasteiger partial charge in [-0.1, -0.05) is 12.1 Å². The van der Waals surface area contributed by atoms with E-state index in [2.05, 4.69) is 39.9 Å². The molecule has 1 aliphatic rings. The molecule has 0 aliphatic carbocycles. The highest BCUT2D eigenvalue weighted by Gasteiger charge is 2.20. The summed E-state index contributed by atoms with van der Waals surface area (Å²) in [5, 5.41) is 3.15. The van der Waals surface area contributed by atoms with E-state index in [1.54, 1.807) is 0 Å². The fraction of sp³-hybridized carbons (Fsp3) is 0.500. The molecule has 0 radical (unpaired) electrons. The van der Waals surface area contributed by atoms with Crippen LogP contribution in [0.2, 0.25) is 0 Å². The Morgan fingerprint density at radius 3 is 3.00 bits per heavy atom. The topological polar surface area (TPSA) is 32.3 Å². The maximum Gasteiger partial charge on any atom is 0.252 e. The number of hydrogen-bond donors (Lipinski definition) is 1. The normalized spacial score (nSPS) is 20.7. The summed E-state index contributed by atoms with van der Waals surface area (Å²) >= 11 is 2.25. The maximum atomic E-state index is 12.3. The van der Waals surface area contributed by atoms with E-state index in [0.717, 1.165) is 40.6 Å². The predicted molar refractivity (Wildman–Crippen MR) is 81.9 cm³/mol. The summed E-state index contributed by atoms with van der Waals surface area (Å²) in [6, 6.07) is 6.16. The van der Waals surface area contributed by atoms with Crippen LogP contribution in [0.15, 0.2) is 18.2 Å². The molecular formula is C14H19IN2O. The molecule has 3 nitrogen and oxygen atoms in total. The molecule has 0 saturated carbocycles. The zero-order valence-electron chi connectivity index (χ0n) is 10.9. The van der Waals surface area contributed by atoms with E-state index in [-0.39, 0.29) is 11.9 Å². The molecule has 4 heteroatoms. The molecule has 0 aromatic heterocycles. The minimum absolute atomic E-state index is 0.0587. The largest absolute Gasteiger partial charge is 0.348 e. The number of rotatable bonds is 2. The molecule has 18 heavy (non-hydrogen) atoms. The molecule has 1 atom stereocenters. The summed E-state index contributed by atoms with van der Waals surface area (Å²) < 4.78 is 1.05. The summed E-state index contributed by atoms with van der Waals surface area (Å²) in [4.78, 5) is 14.5. The minimum Gasteiger partial charge on any atom is -0.348 e. The standard InChI is InChI=1S/C14H19IN2O/c1-10-5-3-7-12(13(10)15)14(18)16-11-6-4-8-17(2)9-11/h3,5,7,11H,4,6,8-9H2,1-2H3,(H,16,18). The first kappa shape index (κ1) is 13.8. The van der Waals surface area contributed by atoms with Gasteiger partial charge in [0, 0.05) is 16.2 Å². The van der Waals surface area contributed by atoms with Crippen LogP contribution in [0, 0.1) is 10.5 Å². The number of nitrogens with one attached hydrogen (secondary N) is 1. The summed E-state index contributed by atoms with van der Waals surface area (Å²) in [6.07, 6.45) is 2.24. The lowest BCUT2D eigenvalue weighted by Gasteiger charge is -2.30. The Hall–Kier alpha value is -0.620. The lowest BCUT2D eigenvalue weighted by Crippen LogP contribution is -2.46. The number of aryl methyl sites for hydroxylation is 1. The molecule has 0 bridgehead atoms. The Morgan fingerprint density at radius 1 is 1.50 bits per heavy atom. The molecule has 1 saturated heterocycles. The first-order chi connectivity index (χ1) is 8.58. The maximum absolute atomic E-state index is 12.3. The van der Waals surface area contributed by atoms with Gasteiger partial charge in [0.2, 0.25) is 0 Å². The van der Waals surface area contributed by atoms with E-state index in [9.17, 15) is 4.79 Å². The van der Waals surface area contributed by atoms with Gasteiger partial charge >= 0.3 is 0 Å².